The standard InChI is InChI=1S/C21H31N5O/c1-16-5-7-17(8-6-16)26-15-18(19(24-26)21(2,3)4)20(27)23-11-14-25-12-9-22-10-13-25/h5-8,15,22H,9-14H2,1-4H3,(H,23,27). The van der Waals surface area contributed by atoms with Crippen LogP contribution in [0.4, 0.5) is 0 Å². The van der Waals surface area contributed by atoms with Crippen LogP contribution in [0.3, 0.4) is 0 Å². The van der Waals surface area contributed by atoms with Crippen LogP contribution < -0.4 is 10.6 Å². The Bertz CT molecular complexity index is 767. The van der Waals surface area contributed by atoms with Gasteiger partial charge in [-0.05, 0) is 19.1 Å². The summed E-state index contributed by atoms with van der Waals surface area (Å²) >= 11 is 0. The number of nitrogens with zero attached hydrogens (tertiary/aromatic N) is 3. The molecule has 0 atom stereocenters. The Morgan fingerprint density at radius 1 is 1.19 bits per heavy atom. The van der Waals surface area contributed by atoms with Crippen LogP contribution in [0, 0.1) is 6.92 Å². The molecule has 1 aliphatic heterocycles. The van der Waals surface area contributed by atoms with E-state index in [2.05, 4.69) is 55.4 Å². The Morgan fingerprint density at radius 2 is 1.85 bits per heavy atom. The lowest BCUT2D eigenvalue weighted by molar-refractivity contribution is 0.0945. The molecule has 6 nitrogen and oxygen atoms in total. The number of piperazine rings is 1. The molecule has 2 N–H and O–H groups in total. The molecule has 146 valence electrons. The van der Waals surface area contributed by atoms with Crippen molar-refractivity contribution in [2.24, 2.45) is 0 Å². The van der Waals surface area contributed by atoms with Crippen molar-refractivity contribution >= 4 is 5.91 Å². The summed E-state index contributed by atoms with van der Waals surface area (Å²) in [6.07, 6.45) is 1.85. The Labute approximate surface area is 161 Å². The molecule has 0 unspecified atom stereocenters. The molecule has 0 saturated carbocycles. The molecule has 6 heteroatoms. The first-order valence-electron chi connectivity index (χ1n) is 9.73. The van der Waals surface area contributed by atoms with Gasteiger partial charge in [0.1, 0.15) is 0 Å². The van der Waals surface area contributed by atoms with Crippen molar-refractivity contribution in [3.05, 3.63) is 47.3 Å². The van der Waals surface area contributed by atoms with Crippen molar-refractivity contribution in [3.8, 4) is 5.69 Å². The van der Waals surface area contributed by atoms with Crippen molar-refractivity contribution in [2.75, 3.05) is 39.3 Å². The van der Waals surface area contributed by atoms with Crippen LogP contribution >= 0.6 is 0 Å². The third-order valence-electron chi connectivity index (χ3n) is 4.89. The van der Waals surface area contributed by atoms with Crippen LogP contribution in [0.15, 0.2) is 30.5 Å². The van der Waals surface area contributed by atoms with Crippen molar-refractivity contribution < 1.29 is 4.79 Å². The number of nitrogens with one attached hydrogen (secondary N) is 2. The van der Waals surface area contributed by atoms with Gasteiger partial charge in [-0.1, -0.05) is 38.5 Å². The third kappa shape index (κ3) is 4.96. The molecule has 1 aromatic heterocycles. The van der Waals surface area contributed by atoms with E-state index in [1.165, 1.54) is 5.56 Å². The fraction of sp³-hybridized carbons (Fsp3) is 0.524. The number of aromatic nitrogens is 2. The first-order valence-corrected chi connectivity index (χ1v) is 9.73. The minimum Gasteiger partial charge on any atom is -0.351 e. The zero-order chi connectivity index (χ0) is 19.4. The van der Waals surface area contributed by atoms with Gasteiger partial charge in [-0.15, -0.1) is 0 Å². The van der Waals surface area contributed by atoms with Gasteiger partial charge >= 0.3 is 0 Å². The van der Waals surface area contributed by atoms with Gasteiger partial charge in [0.2, 0.25) is 0 Å². The maximum absolute atomic E-state index is 12.9. The van der Waals surface area contributed by atoms with E-state index in [1.54, 1.807) is 0 Å². The van der Waals surface area contributed by atoms with E-state index in [9.17, 15) is 4.79 Å². The first-order chi connectivity index (χ1) is 12.8. The SMILES string of the molecule is Cc1ccc(-n2cc(C(=O)NCCN3CCNCC3)c(C(C)(C)C)n2)cc1. The quantitative estimate of drug-likeness (QED) is 0.847. The molecule has 1 saturated heterocycles. The lowest BCUT2D eigenvalue weighted by atomic mass is 9.89. The minimum atomic E-state index is -0.207. The Kier molecular flexibility index (Phi) is 5.97. The second-order valence-corrected chi connectivity index (χ2v) is 8.27. The van der Waals surface area contributed by atoms with Crippen molar-refractivity contribution in [1.82, 2.24) is 25.3 Å². The van der Waals surface area contributed by atoms with Crippen LogP contribution in [0.2, 0.25) is 0 Å². The minimum absolute atomic E-state index is 0.0478. The van der Waals surface area contributed by atoms with Gasteiger partial charge in [0.05, 0.1) is 16.9 Å². The van der Waals surface area contributed by atoms with Crippen molar-refractivity contribution in [1.29, 1.82) is 0 Å². The molecule has 1 aliphatic rings. The molecule has 1 aromatic carbocycles. The van der Waals surface area contributed by atoms with Gasteiger partial charge in [-0.2, -0.15) is 5.10 Å². The van der Waals surface area contributed by atoms with E-state index in [0.29, 0.717) is 12.1 Å². The molecule has 0 radical (unpaired) electrons. The number of rotatable bonds is 5. The largest absolute Gasteiger partial charge is 0.351 e. The Balaban J connectivity index is 1.74. The van der Waals surface area contributed by atoms with Crippen LogP contribution in [-0.4, -0.2) is 59.9 Å². The molecule has 1 amide bonds. The molecule has 1 fully saturated rings. The fourth-order valence-electron chi connectivity index (χ4n) is 3.28. The van der Waals surface area contributed by atoms with E-state index < -0.39 is 0 Å². The lowest BCUT2D eigenvalue weighted by Gasteiger charge is -2.27. The summed E-state index contributed by atoms with van der Waals surface area (Å²) in [6, 6.07) is 8.17. The number of aryl methyl sites for hydroxylation is 1. The summed E-state index contributed by atoms with van der Waals surface area (Å²) in [7, 11) is 0. The number of hydrogen-bond acceptors (Lipinski definition) is 4. The summed E-state index contributed by atoms with van der Waals surface area (Å²) in [5, 5.41) is 11.2. The maximum atomic E-state index is 12.9. The molecule has 0 spiro atoms. The first kappa shape index (κ1) is 19.6. The lowest BCUT2D eigenvalue weighted by Crippen LogP contribution is -2.46. The average molecular weight is 370 g/mol. The predicted octanol–water partition coefficient (Wildman–Crippen LogP) is 2.11. The second-order valence-electron chi connectivity index (χ2n) is 8.27. The smallest absolute Gasteiger partial charge is 0.254 e. The Hall–Kier alpha value is -2.18. The van der Waals surface area contributed by atoms with Gasteiger partial charge in [0, 0.05) is 50.9 Å². The fourth-order valence-corrected chi connectivity index (χ4v) is 3.28. The molecular weight excluding hydrogens is 338 g/mol. The van der Waals surface area contributed by atoms with E-state index in [-0.39, 0.29) is 11.3 Å². The summed E-state index contributed by atoms with van der Waals surface area (Å²) in [6.45, 7) is 14.0. The van der Waals surface area contributed by atoms with E-state index in [4.69, 9.17) is 5.10 Å². The normalized spacial score (nSPS) is 15.7. The maximum Gasteiger partial charge on any atom is 0.254 e. The molecule has 0 bridgehead atoms. The van der Waals surface area contributed by atoms with Crippen LogP contribution in [0.5, 0.6) is 0 Å². The predicted molar refractivity (Wildman–Crippen MR) is 109 cm³/mol. The summed E-state index contributed by atoms with van der Waals surface area (Å²) in [5.74, 6) is -0.0478. The van der Waals surface area contributed by atoms with Gasteiger partial charge < -0.3 is 10.6 Å². The van der Waals surface area contributed by atoms with Gasteiger partial charge in [0.15, 0.2) is 0 Å². The number of carbonyl (C=O) groups is 1. The highest BCUT2D eigenvalue weighted by Crippen LogP contribution is 2.25. The van der Waals surface area contributed by atoms with Crippen molar-refractivity contribution in [3.63, 3.8) is 0 Å². The Morgan fingerprint density at radius 3 is 2.48 bits per heavy atom. The average Bonchev–Trinajstić information content (AvgIpc) is 3.09. The number of benzene rings is 1. The topological polar surface area (TPSA) is 62.2 Å². The molecule has 2 heterocycles. The highest BCUT2D eigenvalue weighted by molar-refractivity contribution is 5.95. The third-order valence-corrected chi connectivity index (χ3v) is 4.89. The highest BCUT2D eigenvalue weighted by Gasteiger charge is 2.26. The second kappa shape index (κ2) is 8.23. The summed E-state index contributed by atoms with van der Waals surface area (Å²) in [4.78, 5) is 15.2. The van der Waals surface area contributed by atoms with Gasteiger partial charge in [0.25, 0.3) is 5.91 Å². The molecule has 27 heavy (non-hydrogen) atoms. The number of carbonyl (C=O) groups excluding carboxylic acids is 1. The highest BCUT2D eigenvalue weighted by atomic mass is 16.1. The zero-order valence-corrected chi connectivity index (χ0v) is 16.9. The van der Waals surface area contributed by atoms with Crippen molar-refractivity contribution in [2.45, 2.75) is 33.1 Å². The van der Waals surface area contributed by atoms with Crippen LogP contribution in [0.25, 0.3) is 5.69 Å². The van der Waals surface area contributed by atoms with E-state index >= 15 is 0 Å². The van der Waals surface area contributed by atoms with E-state index in [0.717, 1.165) is 44.1 Å². The molecule has 0 aliphatic carbocycles. The number of hydrogen-bond donors (Lipinski definition) is 2. The molecule has 3 rings (SSSR count). The van der Waals surface area contributed by atoms with Gasteiger partial charge in [-0.25, -0.2) is 4.68 Å². The van der Waals surface area contributed by atoms with Gasteiger partial charge in [-0.3, -0.25) is 9.69 Å². The van der Waals surface area contributed by atoms with Crippen LogP contribution in [-0.2, 0) is 5.41 Å². The monoisotopic (exact) mass is 369 g/mol. The number of amides is 1. The molecular formula is C21H31N5O. The summed E-state index contributed by atoms with van der Waals surface area (Å²) in [5.41, 5.74) is 3.44. The van der Waals surface area contributed by atoms with Crippen LogP contribution in [0.1, 0.15) is 42.4 Å². The molecule has 2 aromatic rings. The zero-order valence-electron chi connectivity index (χ0n) is 16.9. The summed E-state index contributed by atoms with van der Waals surface area (Å²) < 4.78 is 1.81. The van der Waals surface area contributed by atoms with E-state index in [1.807, 2.05) is 23.0 Å².